The van der Waals surface area contributed by atoms with E-state index in [1.807, 2.05) is 6.92 Å². The summed E-state index contributed by atoms with van der Waals surface area (Å²) < 4.78 is 5.69. The number of carbonyl (C=O) groups excluding carboxylic acids is 2. The van der Waals surface area contributed by atoms with Crippen molar-refractivity contribution >= 4 is 11.6 Å². The van der Waals surface area contributed by atoms with Gasteiger partial charge in [-0.3, -0.25) is 9.59 Å². The molecule has 0 heterocycles. The van der Waals surface area contributed by atoms with Crippen LogP contribution >= 0.6 is 0 Å². The third-order valence-electron chi connectivity index (χ3n) is 7.56. The Morgan fingerprint density at radius 3 is 1.26 bits per heavy atom. The number of nitrogens with one attached hydrogen (secondary N) is 2. The van der Waals surface area contributed by atoms with Gasteiger partial charge in [-0.15, -0.1) is 0 Å². The highest BCUT2D eigenvalue weighted by Crippen LogP contribution is 2.23. The van der Waals surface area contributed by atoms with E-state index in [4.69, 9.17) is 4.74 Å². The Bertz CT molecular complexity index is 711. The molecule has 0 fully saturated rings. The first-order valence-electron chi connectivity index (χ1n) is 16.2. The normalized spacial score (nSPS) is 14.0. The molecule has 0 unspecified atom stereocenters. The average molecular weight is 533 g/mol. The zero-order chi connectivity index (χ0) is 27.8. The van der Waals surface area contributed by atoms with Gasteiger partial charge in [0.2, 0.25) is 11.6 Å². The number of ketones is 2. The van der Waals surface area contributed by atoms with E-state index < -0.39 is 0 Å². The summed E-state index contributed by atoms with van der Waals surface area (Å²) in [5, 5.41) is 6.51. The Morgan fingerprint density at radius 1 is 0.500 bits per heavy atom. The van der Waals surface area contributed by atoms with E-state index >= 15 is 0 Å². The first-order valence-corrected chi connectivity index (χ1v) is 16.2. The van der Waals surface area contributed by atoms with Crippen LogP contribution in [-0.4, -0.2) is 31.3 Å². The zero-order valence-corrected chi connectivity index (χ0v) is 25.5. The van der Waals surface area contributed by atoms with Gasteiger partial charge < -0.3 is 15.4 Å². The molecule has 2 N–H and O–H groups in total. The second-order valence-corrected chi connectivity index (χ2v) is 11.0. The molecular formula is C33H60N2O3. The van der Waals surface area contributed by atoms with Gasteiger partial charge in [0, 0.05) is 18.7 Å². The molecule has 0 spiro atoms. The van der Waals surface area contributed by atoms with E-state index in [-0.39, 0.29) is 17.3 Å². The number of ether oxygens (including phenoxy) is 1. The summed E-state index contributed by atoms with van der Waals surface area (Å²) in [5.41, 5.74) is 1.25. The van der Waals surface area contributed by atoms with Crippen LogP contribution in [0.3, 0.4) is 0 Å². The number of hydrogen-bond donors (Lipinski definition) is 2. The van der Waals surface area contributed by atoms with Crippen molar-refractivity contribution in [3.63, 3.8) is 0 Å². The lowest BCUT2D eigenvalue weighted by Gasteiger charge is -2.23. The summed E-state index contributed by atoms with van der Waals surface area (Å²) in [6, 6.07) is 0. The molecule has 5 heteroatoms. The van der Waals surface area contributed by atoms with Crippen LogP contribution in [0.25, 0.3) is 0 Å². The van der Waals surface area contributed by atoms with Crippen LogP contribution < -0.4 is 10.6 Å². The van der Waals surface area contributed by atoms with E-state index in [9.17, 15) is 9.59 Å². The topological polar surface area (TPSA) is 67.4 Å². The predicted molar refractivity (Wildman–Crippen MR) is 161 cm³/mol. The summed E-state index contributed by atoms with van der Waals surface area (Å²) in [4.78, 5) is 26.3. The highest BCUT2D eigenvalue weighted by molar-refractivity contribution is 6.23. The van der Waals surface area contributed by atoms with Gasteiger partial charge in [0.1, 0.15) is 5.70 Å². The Labute approximate surface area is 235 Å². The monoisotopic (exact) mass is 532 g/mol. The molecule has 0 aromatic rings. The average Bonchev–Trinajstić information content (AvgIpc) is 2.92. The van der Waals surface area contributed by atoms with Crippen LogP contribution in [0, 0.1) is 0 Å². The van der Waals surface area contributed by atoms with Crippen molar-refractivity contribution in [1.29, 1.82) is 0 Å². The van der Waals surface area contributed by atoms with Crippen LogP contribution in [0.15, 0.2) is 22.7 Å². The third kappa shape index (κ3) is 14.4. The molecule has 0 amide bonds. The second kappa shape index (κ2) is 23.1. The van der Waals surface area contributed by atoms with Crippen molar-refractivity contribution in [2.75, 3.05) is 19.7 Å². The lowest BCUT2D eigenvalue weighted by molar-refractivity contribution is -0.119. The highest BCUT2D eigenvalue weighted by Gasteiger charge is 2.33. The lowest BCUT2D eigenvalue weighted by atomic mass is 9.96. The van der Waals surface area contributed by atoms with Crippen molar-refractivity contribution in [2.24, 2.45) is 0 Å². The molecule has 0 saturated carbocycles. The molecular weight excluding hydrogens is 472 g/mol. The summed E-state index contributed by atoms with van der Waals surface area (Å²) in [5.74, 6) is -0.131. The summed E-state index contributed by atoms with van der Waals surface area (Å²) >= 11 is 0. The number of unbranched alkanes of at least 4 members (excludes halogenated alkanes) is 18. The minimum atomic E-state index is -0.193. The number of Topliss-reactive ketones (excluding diaryl/α,β-unsaturated/α-hetero) is 2. The molecule has 0 aromatic carbocycles. The number of hydrogen-bond acceptors (Lipinski definition) is 5. The fourth-order valence-corrected chi connectivity index (χ4v) is 5.11. The lowest BCUT2D eigenvalue weighted by Crippen LogP contribution is -2.37. The van der Waals surface area contributed by atoms with E-state index in [0.29, 0.717) is 36.7 Å². The molecule has 220 valence electrons. The smallest absolute Gasteiger partial charge is 0.246 e. The zero-order valence-electron chi connectivity index (χ0n) is 25.5. The summed E-state index contributed by atoms with van der Waals surface area (Å²) in [6.07, 6.45) is 25.5. The molecule has 0 bridgehead atoms. The van der Waals surface area contributed by atoms with Crippen molar-refractivity contribution in [3.05, 3.63) is 22.7 Å². The number of allylic oxidation sites excluding steroid dienone is 1. The highest BCUT2D eigenvalue weighted by atomic mass is 16.5. The molecule has 0 saturated heterocycles. The van der Waals surface area contributed by atoms with Crippen LogP contribution in [0.1, 0.15) is 156 Å². The van der Waals surface area contributed by atoms with Crippen molar-refractivity contribution in [3.8, 4) is 0 Å². The van der Waals surface area contributed by atoms with E-state index in [1.165, 1.54) is 103 Å². The van der Waals surface area contributed by atoms with Gasteiger partial charge >= 0.3 is 0 Å². The van der Waals surface area contributed by atoms with Gasteiger partial charge in [-0.2, -0.15) is 0 Å². The fraction of sp³-hybridized carbons (Fsp3) is 0.818. The molecule has 0 atom stereocenters. The van der Waals surface area contributed by atoms with Gasteiger partial charge in [0.05, 0.1) is 12.3 Å². The van der Waals surface area contributed by atoms with Crippen LogP contribution in [0.4, 0.5) is 0 Å². The maximum atomic E-state index is 13.2. The van der Waals surface area contributed by atoms with Gasteiger partial charge in [-0.05, 0) is 26.7 Å². The van der Waals surface area contributed by atoms with Crippen molar-refractivity contribution in [1.82, 2.24) is 10.6 Å². The van der Waals surface area contributed by atoms with E-state index in [2.05, 4.69) is 24.5 Å². The van der Waals surface area contributed by atoms with Crippen molar-refractivity contribution in [2.45, 2.75) is 156 Å². The summed E-state index contributed by atoms with van der Waals surface area (Å²) in [6.45, 7) is 9.89. The predicted octanol–water partition coefficient (Wildman–Crippen LogP) is 8.68. The fourth-order valence-electron chi connectivity index (χ4n) is 5.11. The van der Waals surface area contributed by atoms with Gasteiger partial charge in [0.15, 0.2) is 5.76 Å². The molecule has 1 aliphatic carbocycles. The Hall–Kier alpha value is -1.78. The minimum Gasteiger partial charge on any atom is -0.488 e. The van der Waals surface area contributed by atoms with Gasteiger partial charge in [-0.1, -0.05) is 129 Å². The Kier molecular flexibility index (Phi) is 20.9. The maximum Gasteiger partial charge on any atom is 0.246 e. The molecule has 0 radical (unpaired) electrons. The van der Waals surface area contributed by atoms with Crippen LogP contribution in [0.5, 0.6) is 0 Å². The minimum absolute atomic E-state index is 0.120. The van der Waals surface area contributed by atoms with Gasteiger partial charge in [-0.25, -0.2) is 0 Å². The van der Waals surface area contributed by atoms with Crippen molar-refractivity contribution < 1.29 is 14.3 Å². The molecule has 0 aliphatic heterocycles. The molecule has 38 heavy (non-hydrogen) atoms. The SMILES string of the molecule is CCCCCCCCCCCCNC1=C(C)C(=O)C(NCCCCCCCCCCCC)=C(OCC)C1=O. The Balaban J connectivity index is 2.35. The Morgan fingerprint density at radius 2 is 0.868 bits per heavy atom. The summed E-state index contributed by atoms with van der Waals surface area (Å²) in [7, 11) is 0. The molecule has 0 aromatic heterocycles. The third-order valence-corrected chi connectivity index (χ3v) is 7.56. The largest absolute Gasteiger partial charge is 0.488 e. The molecule has 1 aliphatic rings. The van der Waals surface area contributed by atoms with Crippen LogP contribution in [-0.2, 0) is 14.3 Å². The second-order valence-electron chi connectivity index (χ2n) is 11.0. The van der Waals surface area contributed by atoms with Crippen LogP contribution in [0.2, 0.25) is 0 Å². The standard InChI is InChI=1S/C33H60N2O3/c1-5-8-10-12-14-16-18-20-22-24-26-34-29-28(4)31(36)30(33(32(29)37)38-7-3)35-27-25-23-21-19-17-15-13-11-9-6-2/h34-35H,5-27H2,1-4H3. The van der Waals surface area contributed by atoms with E-state index in [0.717, 1.165) is 25.7 Å². The first kappa shape index (κ1) is 34.2. The molecule has 5 nitrogen and oxygen atoms in total. The maximum absolute atomic E-state index is 13.2. The quantitative estimate of drug-likeness (QED) is 0.0861. The number of carbonyl (C=O) groups is 2. The van der Waals surface area contributed by atoms with E-state index in [1.54, 1.807) is 6.92 Å². The first-order chi connectivity index (χ1) is 18.6. The van der Waals surface area contributed by atoms with Gasteiger partial charge in [0.25, 0.3) is 0 Å². The molecule has 1 rings (SSSR count). The number of rotatable bonds is 26.